The number of halogens is 1. The Morgan fingerprint density at radius 2 is 2.06 bits per heavy atom. The van der Waals surface area contributed by atoms with Crippen LogP contribution in [-0.4, -0.2) is 44.7 Å². The van der Waals surface area contributed by atoms with Crippen molar-refractivity contribution >= 4 is 41.2 Å². The van der Waals surface area contributed by atoms with Crippen molar-refractivity contribution in [3.05, 3.63) is 40.7 Å². The average Bonchev–Trinajstić information content (AvgIpc) is 3.38. The summed E-state index contributed by atoms with van der Waals surface area (Å²) in [5.74, 6) is 0.724. The number of aromatic nitrogens is 4. The summed E-state index contributed by atoms with van der Waals surface area (Å²) in [6.07, 6.45) is 5.07. The molecule has 0 bridgehead atoms. The summed E-state index contributed by atoms with van der Waals surface area (Å²) in [7, 11) is 1.50. The minimum absolute atomic E-state index is 0.0522. The molecule has 31 heavy (non-hydrogen) atoms. The van der Waals surface area contributed by atoms with Gasteiger partial charge in [0, 0.05) is 22.7 Å². The van der Waals surface area contributed by atoms with Crippen LogP contribution in [0, 0.1) is 0 Å². The van der Waals surface area contributed by atoms with Crippen LogP contribution in [0.15, 0.2) is 30.1 Å². The van der Waals surface area contributed by atoms with Crippen LogP contribution in [0.1, 0.15) is 18.4 Å². The Balaban J connectivity index is 1.58. The van der Waals surface area contributed by atoms with Gasteiger partial charge in [-0.05, 0) is 31.1 Å². The van der Waals surface area contributed by atoms with E-state index in [4.69, 9.17) is 21.1 Å². The van der Waals surface area contributed by atoms with Gasteiger partial charge in [-0.2, -0.15) is 19.6 Å². The first kappa shape index (κ1) is 19.1. The van der Waals surface area contributed by atoms with Gasteiger partial charge in [-0.25, -0.2) is 4.79 Å². The van der Waals surface area contributed by atoms with Gasteiger partial charge in [0.2, 0.25) is 5.95 Å². The summed E-state index contributed by atoms with van der Waals surface area (Å²) in [6, 6.07) is 4.70. The molecule has 158 valence electrons. The number of nitrogens with one attached hydrogen (secondary N) is 3. The van der Waals surface area contributed by atoms with Gasteiger partial charge in [0.1, 0.15) is 5.70 Å². The molecule has 2 aromatic heterocycles. The van der Waals surface area contributed by atoms with Crippen LogP contribution in [0.25, 0.3) is 11.7 Å². The van der Waals surface area contributed by atoms with Crippen molar-refractivity contribution in [1.82, 2.24) is 30.2 Å². The molecular weight excluding hydrogens is 426 g/mol. The maximum Gasteiger partial charge on any atom is 0.327 e. The van der Waals surface area contributed by atoms with Gasteiger partial charge in [-0.15, -0.1) is 0 Å². The SMILES string of the molecule is COc1cc(Cl)ccc1Oc1nc(NC2CC2)n2ncc(/C=C3\NC(=O)NC3=O)c2n1. The third-order valence-electron chi connectivity index (χ3n) is 4.63. The monoisotopic (exact) mass is 441 g/mol. The summed E-state index contributed by atoms with van der Waals surface area (Å²) in [6.45, 7) is 0. The van der Waals surface area contributed by atoms with Gasteiger partial charge in [0.05, 0.1) is 13.3 Å². The molecule has 3 heterocycles. The minimum Gasteiger partial charge on any atom is -0.493 e. The molecule has 0 unspecified atom stereocenters. The number of fused-ring (bicyclic) bond motifs is 1. The van der Waals surface area contributed by atoms with Crippen LogP contribution in [0.5, 0.6) is 17.5 Å². The van der Waals surface area contributed by atoms with Gasteiger partial charge in [0.25, 0.3) is 5.91 Å². The Bertz CT molecular complexity index is 1250. The van der Waals surface area contributed by atoms with E-state index in [1.165, 1.54) is 23.9 Å². The van der Waals surface area contributed by atoms with Crippen LogP contribution in [0.2, 0.25) is 5.02 Å². The average molecular weight is 442 g/mol. The lowest BCUT2D eigenvalue weighted by atomic mass is 10.2. The lowest BCUT2D eigenvalue weighted by Crippen LogP contribution is -2.22. The molecule has 12 heteroatoms. The molecule has 0 radical (unpaired) electrons. The highest BCUT2D eigenvalue weighted by Crippen LogP contribution is 2.34. The number of carbonyl (C=O) groups is 2. The number of benzene rings is 1. The lowest BCUT2D eigenvalue weighted by Gasteiger charge is -2.11. The highest BCUT2D eigenvalue weighted by atomic mass is 35.5. The number of anilines is 1. The van der Waals surface area contributed by atoms with E-state index < -0.39 is 11.9 Å². The minimum atomic E-state index is -0.586. The van der Waals surface area contributed by atoms with Crippen LogP contribution >= 0.6 is 11.6 Å². The smallest absolute Gasteiger partial charge is 0.327 e. The molecule has 2 fully saturated rings. The standard InChI is InChI=1S/C19H16ClN7O4/c1-30-14-7-10(20)2-5-13(14)31-19-24-15-9(6-12-16(28)25-18(29)23-12)8-21-27(15)17(26-19)22-11-3-4-11/h2,5-8,11H,3-4H2,1H3,(H,22,24,26)(H2,23,25,28,29)/b12-6-. The second kappa shape index (κ2) is 7.43. The van der Waals surface area contributed by atoms with Crippen molar-refractivity contribution in [2.45, 2.75) is 18.9 Å². The molecule has 1 aromatic carbocycles. The number of amides is 3. The van der Waals surface area contributed by atoms with Crippen molar-refractivity contribution in [2.75, 3.05) is 12.4 Å². The predicted molar refractivity (Wildman–Crippen MR) is 110 cm³/mol. The highest BCUT2D eigenvalue weighted by Gasteiger charge is 2.26. The van der Waals surface area contributed by atoms with E-state index in [-0.39, 0.29) is 11.7 Å². The topological polar surface area (TPSA) is 132 Å². The predicted octanol–water partition coefficient (Wildman–Crippen LogP) is 2.33. The molecule has 1 saturated carbocycles. The molecule has 2 aliphatic rings. The molecule has 1 aliphatic heterocycles. The first-order valence-corrected chi connectivity index (χ1v) is 9.75. The number of carbonyl (C=O) groups excluding carboxylic acids is 2. The second-order valence-electron chi connectivity index (χ2n) is 6.95. The van der Waals surface area contributed by atoms with E-state index in [0.29, 0.717) is 39.7 Å². The quantitative estimate of drug-likeness (QED) is 0.392. The largest absolute Gasteiger partial charge is 0.493 e. The molecule has 0 spiro atoms. The van der Waals surface area contributed by atoms with Gasteiger partial charge < -0.3 is 20.1 Å². The van der Waals surface area contributed by atoms with Crippen LogP contribution in [0.3, 0.4) is 0 Å². The van der Waals surface area contributed by atoms with E-state index in [0.717, 1.165) is 12.8 Å². The fraction of sp³-hybridized carbons (Fsp3) is 0.211. The van der Waals surface area contributed by atoms with Crippen LogP contribution in [-0.2, 0) is 4.79 Å². The van der Waals surface area contributed by atoms with Crippen molar-refractivity contribution in [2.24, 2.45) is 0 Å². The highest BCUT2D eigenvalue weighted by molar-refractivity contribution is 6.30. The number of rotatable bonds is 6. The third kappa shape index (κ3) is 3.82. The molecule has 3 aromatic rings. The summed E-state index contributed by atoms with van der Waals surface area (Å²) >= 11 is 6.02. The zero-order valence-corrected chi connectivity index (χ0v) is 16.9. The van der Waals surface area contributed by atoms with Gasteiger partial charge in [0.15, 0.2) is 17.1 Å². The normalized spacial score (nSPS) is 17.0. The maximum absolute atomic E-state index is 11.9. The summed E-state index contributed by atoms with van der Waals surface area (Å²) in [5.41, 5.74) is 0.987. The fourth-order valence-corrected chi connectivity index (χ4v) is 3.15. The number of urea groups is 1. The first-order chi connectivity index (χ1) is 15.0. The molecule has 5 rings (SSSR count). The molecule has 3 amide bonds. The molecule has 0 atom stereocenters. The molecule has 1 aliphatic carbocycles. The van der Waals surface area contributed by atoms with Crippen molar-refractivity contribution in [3.63, 3.8) is 0 Å². The zero-order chi connectivity index (χ0) is 21.5. The van der Waals surface area contributed by atoms with Crippen molar-refractivity contribution in [1.29, 1.82) is 0 Å². The number of hydrogen-bond acceptors (Lipinski definition) is 8. The zero-order valence-electron chi connectivity index (χ0n) is 16.2. The first-order valence-electron chi connectivity index (χ1n) is 9.38. The molecular formula is C19H16ClN7O4. The van der Waals surface area contributed by atoms with Gasteiger partial charge >= 0.3 is 12.0 Å². The van der Waals surface area contributed by atoms with E-state index >= 15 is 0 Å². The fourth-order valence-electron chi connectivity index (χ4n) is 2.99. The lowest BCUT2D eigenvalue weighted by molar-refractivity contribution is -0.115. The van der Waals surface area contributed by atoms with Crippen LogP contribution < -0.4 is 25.4 Å². The van der Waals surface area contributed by atoms with Crippen molar-refractivity contribution < 1.29 is 19.1 Å². The molecule has 3 N–H and O–H groups in total. The number of ether oxygens (including phenoxy) is 2. The van der Waals surface area contributed by atoms with E-state index in [2.05, 4.69) is 31.0 Å². The van der Waals surface area contributed by atoms with Crippen LogP contribution in [0.4, 0.5) is 10.7 Å². The second-order valence-corrected chi connectivity index (χ2v) is 7.38. The Kier molecular flexibility index (Phi) is 4.59. The number of nitrogens with zero attached hydrogens (tertiary/aromatic N) is 4. The van der Waals surface area contributed by atoms with E-state index in [1.807, 2.05) is 0 Å². The summed E-state index contributed by atoms with van der Waals surface area (Å²) in [4.78, 5) is 32.2. The summed E-state index contributed by atoms with van der Waals surface area (Å²) in [5, 5.41) is 12.7. The number of hydrogen-bond donors (Lipinski definition) is 3. The Morgan fingerprint density at radius 1 is 1.23 bits per heavy atom. The maximum atomic E-state index is 11.9. The number of imide groups is 1. The summed E-state index contributed by atoms with van der Waals surface area (Å²) < 4.78 is 12.7. The van der Waals surface area contributed by atoms with Gasteiger partial charge in [-0.3, -0.25) is 10.1 Å². The Hall–Kier alpha value is -3.86. The van der Waals surface area contributed by atoms with E-state index in [1.54, 1.807) is 18.2 Å². The third-order valence-corrected chi connectivity index (χ3v) is 4.87. The Labute approximate surface area is 180 Å². The number of methoxy groups -OCH3 is 1. The van der Waals surface area contributed by atoms with E-state index in [9.17, 15) is 9.59 Å². The molecule has 1 saturated heterocycles. The van der Waals surface area contributed by atoms with Gasteiger partial charge in [-0.1, -0.05) is 11.6 Å². The molecule has 11 nitrogen and oxygen atoms in total. The Morgan fingerprint density at radius 3 is 2.77 bits per heavy atom. The van der Waals surface area contributed by atoms with Crippen molar-refractivity contribution in [3.8, 4) is 17.5 Å².